The van der Waals surface area contributed by atoms with Gasteiger partial charge in [-0.05, 0) is 0 Å². The summed E-state index contributed by atoms with van der Waals surface area (Å²) in [4.78, 5) is 12.7. The van der Waals surface area contributed by atoms with Crippen LogP contribution in [0.1, 0.15) is 15.9 Å². The van der Waals surface area contributed by atoms with Crippen LogP contribution < -0.4 is 9.47 Å². The largest absolute Gasteiger partial charge is 0.504 e. The van der Waals surface area contributed by atoms with E-state index in [1.165, 1.54) is 14.2 Å². The van der Waals surface area contributed by atoms with Crippen molar-refractivity contribution in [2.24, 2.45) is 0 Å². The number of carbonyl (C=O) groups excluding carboxylic acids is 1. The molecule has 3 rings (SSSR count). The molecular formula is C17H16O8. The van der Waals surface area contributed by atoms with Crippen LogP contribution >= 0.6 is 0 Å². The van der Waals surface area contributed by atoms with E-state index in [9.17, 15) is 25.2 Å². The van der Waals surface area contributed by atoms with Crippen LogP contribution in [0.5, 0.6) is 28.7 Å². The molecule has 8 nitrogen and oxygen atoms in total. The Morgan fingerprint density at radius 2 is 1.68 bits per heavy atom. The van der Waals surface area contributed by atoms with Gasteiger partial charge in [-0.3, -0.25) is 4.79 Å². The maximum absolute atomic E-state index is 12.7. The zero-order valence-corrected chi connectivity index (χ0v) is 13.4. The lowest BCUT2D eigenvalue weighted by molar-refractivity contribution is -0.224. The second-order valence-electron chi connectivity index (χ2n) is 5.39. The lowest BCUT2D eigenvalue weighted by Crippen LogP contribution is -2.53. The van der Waals surface area contributed by atoms with Crippen molar-refractivity contribution < 1.29 is 39.4 Å². The molecule has 0 aliphatic carbocycles. The molecule has 8 heteroatoms. The molecular weight excluding hydrogens is 332 g/mol. The molecule has 2 unspecified atom stereocenters. The molecule has 1 aliphatic rings. The highest BCUT2D eigenvalue weighted by atomic mass is 16.7. The summed E-state index contributed by atoms with van der Waals surface area (Å²) in [6.45, 7) is 0. The summed E-state index contributed by atoms with van der Waals surface area (Å²) < 4.78 is 16.1. The molecule has 2 atom stereocenters. The van der Waals surface area contributed by atoms with Crippen molar-refractivity contribution in [3.05, 3.63) is 41.5 Å². The molecule has 2 aromatic carbocycles. The van der Waals surface area contributed by atoms with Crippen molar-refractivity contribution >= 4 is 5.78 Å². The molecule has 4 N–H and O–H groups in total. The highest BCUT2D eigenvalue weighted by Gasteiger charge is 2.54. The van der Waals surface area contributed by atoms with E-state index in [1.807, 2.05) is 0 Å². The number of aliphatic hydroxyl groups excluding tert-OH is 1. The number of phenolic OH excluding ortho intramolecular Hbond substituents is 3. The molecule has 0 radical (unpaired) electrons. The van der Waals surface area contributed by atoms with Crippen molar-refractivity contribution in [1.82, 2.24) is 0 Å². The van der Waals surface area contributed by atoms with Gasteiger partial charge in [-0.15, -0.1) is 0 Å². The topological polar surface area (TPSA) is 126 Å². The summed E-state index contributed by atoms with van der Waals surface area (Å²) in [6.07, 6.45) is -1.84. The first kappa shape index (κ1) is 16.9. The van der Waals surface area contributed by atoms with E-state index in [2.05, 4.69) is 0 Å². The second kappa shape index (κ2) is 5.83. The minimum Gasteiger partial charge on any atom is -0.504 e. The van der Waals surface area contributed by atoms with Crippen molar-refractivity contribution in [2.75, 3.05) is 14.2 Å². The summed E-state index contributed by atoms with van der Waals surface area (Å²) in [5.41, 5.74) is -0.179. The van der Waals surface area contributed by atoms with Crippen molar-refractivity contribution in [3.63, 3.8) is 0 Å². The summed E-state index contributed by atoms with van der Waals surface area (Å²) in [5, 5.41) is 40.3. The van der Waals surface area contributed by atoms with Gasteiger partial charge in [-0.25, -0.2) is 0 Å². The molecule has 0 fully saturated rings. The maximum Gasteiger partial charge on any atom is 0.271 e. The van der Waals surface area contributed by atoms with E-state index in [0.717, 1.165) is 0 Å². The van der Waals surface area contributed by atoms with Crippen molar-refractivity contribution in [2.45, 2.75) is 11.9 Å². The third-order valence-electron chi connectivity index (χ3n) is 4.13. The number of benzene rings is 2. The number of aliphatic hydroxyl groups is 1. The van der Waals surface area contributed by atoms with Gasteiger partial charge < -0.3 is 34.6 Å². The fourth-order valence-corrected chi connectivity index (χ4v) is 2.86. The number of aromatic hydroxyl groups is 3. The first-order chi connectivity index (χ1) is 11.9. The summed E-state index contributed by atoms with van der Waals surface area (Å²) in [5.74, 6) is -6.29. The monoisotopic (exact) mass is 348 g/mol. The zero-order valence-electron chi connectivity index (χ0n) is 13.4. The Morgan fingerprint density at radius 3 is 2.24 bits per heavy atom. The third-order valence-corrected chi connectivity index (χ3v) is 4.13. The molecule has 2 aromatic rings. The van der Waals surface area contributed by atoms with E-state index in [4.69, 9.17) is 14.2 Å². The number of carbonyl (C=O) groups is 1. The average Bonchev–Trinajstić information content (AvgIpc) is 2.63. The molecule has 0 saturated heterocycles. The summed E-state index contributed by atoms with van der Waals surface area (Å²) in [7, 11) is 2.42. The smallest absolute Gasteiger partial charge is 0.271 e. The maximum atomic E-state index is 12.7. The number of Topliss-reactive ketones (excluding diaryl/α,β-unsaturated/α-hetero) is 1. The van der Waals surface area contributed by atoms with Crippen LogP contribution in [0, 0.1) is 0 Å². The second-order valence-corrected chi connectivity index (χ2v) is 5.39. The predicted octanol–water partition coefficient (Wildman–Crippen LogP) is 1.25. The molecule has 0 aromatic heterocycles. The molecule has 0 saturated carbocycles. The van der Waals surface area contributed by atoms with E-state index >= 15 is 0 Å². The van der Waals surface area contributed by atoms with Gasteiger partial charge in [-0.1, -0.05) is 30.3 Å². The number of ketones is 1. The molecule has 132 valence electrons. The van der Waals surface area contributed by atoms with Crippen LogP contribution in [0.25, 0.3) is 0 Å². The molecule has 0 spiro atoms. The van der Waals surface area contributed by atoms with E-state index < -0.39 is 40.5 Å². The van der Waals surface area contributed by atoms with Crippen LogP contribution in [0.2, 0.25) is 0 Å². The standard InChI is InChI=1S/C17H16O8/c1-23-15-13(21)12(20)10(18)9-11(19)16(22)17(24-2,25-14(9)15)8-6-4-3-5-7-8/h3-7,16,18,20-22H,1-2H3. The number of rotatable bonds is 3. The van der Waals surface area contributed by atoms with Crippen LogP contribution in [-0.2, 0) is 10.5 Å². The molecule has 25 heavy (non-hydrogen) atoms. The molecule has 0 amide bonds. The number of methoxy groups -OCH3 is 2. The number of hydrogen-bond acceptors (Lipinski definition) is 8. The summed E-state index contributed by atoms with van der Waals surface area (Å²) >= 11 is 0. The third kappa shape index (κ3) is 2.19. The van der Waals surface area contributed by atoms with Crippen LogP contribution in [0.4, 0.5) is 0 Å². The number of ether oxygens (including phenoxy) is 3. The number of hydrogen-bond donors (Lipinski definition) is 4. The van der Waals surface area contributed by atoms with Gasteiger partial charge in [0.05, 0.1) is 7.11 Å². The Balaban J connectivity index is 2.32. The minimum atomic E-state index is -1.92. The fraction of sp³-hybridized carbons (Fsp3) is 0.235. The molecule has 1 aliphatic heterocycles. The Bertz CT molecular complexity index is 833. The first-order valence-electron chi connectivity index (χ1n) is 7.25. The van der Waals surface area contributed by atoms with Gasteiger partial charge in [-0.2, -0.15) is 0 Å². The van der Waals surface area contributed by atoms with Gasteiger partial charge in [0.2, 0.25) is 23.0 Å². The van der Waals surface area contributed by atoms with Crippen LogP contribution in [0.3, 0.4) is 0 Å². The lowest BCUT2D eigenvalue weighted by atomic mass is 9.89. The first-order valence-corrected chi connectivity index (χ1v) is 7.25. The van der Waals surface area contributed by atoms with Gasteiger partial charge in [0.15, 0.2) is 17.6 Å². The molecule has 0 bridgehead atoms. The van der Waals surface area contributed by atoms with Gasteiger partial charge in [0.25, 0.3) is 5.79 Å². The quantitative estimate of drug-likeness (QED) is 0.611. The predicted molar refractivity (Wildman–Crippen MR) is 84.1 cm³/mol. The van der Waals surface area contributed by atoms with Gasteiger partial charge in [0, 0.05) is 12.7 Å². The number of phenols is 3. The normalized spacial score (nSPS) is 22.2. The van der Waals surface area contributed by atoms with E-state index in [1.54, 1.807) is 30.3 Å². The van der Waals surface area contributed by atoms with Crippen LogP contribution in [0.15, 0.2) is 30.3 Å². The minimum absolute atomic E-state index is 0.332. The number of fused-ring (bicyclic) bond motifs is 1. The van der Waals surface area contributed by atoms with Crippen molar-refractivity contribution in [3.8, 4) is 28.7 Å². The zero-order chi connectivity index (χ0) is 18.4. The van der Waals surface area contributed by atoms with E-state index in [0.29, 0.717) is 5.56 Å². The van der Waals surface area contributed by atoms with Gasteiger partial charge >= 0.3 is 0 Å². The lowest BCUT2D eigenvalue weighted by Gasteiger charge is -2.40. The fourth-order valence-electron chi connectivity index (χ4n) is 2.86. The highest BCUT2D eigenvalue weighted by molar-refractivity contribution is 6.07. The Morgan fingerprint density at radius 1 is 1.04 bits per heavy atom. The molecule has 1 heterocycles. The van der Waals surface area contributed by atoms with Crippen molar-refractivity contribution in [1.29, 1.82) is 0 Å². The van der Waals surface area contributed by atoms with Crippen LogP contribution in [-0.4, -0.2) is 46.5 Å². The summed E-state index contributed by atoms with van der Waals surface area (Å²) in [6, 6.07) is 8.22. The Labute approximate surface area is 142 Å². The Hall–Kier alpha value is -2.97. The van der Waals surface area contributed by atoms with Gasteiger partial charge in [0.1, 0.15) is 5.56 Å². The van der Waals surface area contributed by atoms with E-state index in [-0.39, 0.29) is 11.5 Å². The SMILES string of the molecule is COc1c(O)c(O)c(O)c2c1OC(OC)(c1ccccc1)C(O)C2=O. The highest BCUT2D eigenvalue weighted by Crippen LogP contribution is 2.56. The average molecular weight is 348 g/mol. The Kier molecular flexibility index (Phi) is 3.94.